The second-order valence-electron chi connectivity index (χ2n) is 2.30. The summed E-state index contributed by atoms with van der Waals surface area (Å²) in [5, 5.41) is 3.77. The van der Waals surface area contributed by atoms with Crippen molar-refractivity contribution in [3.8, 4) is 0 Å². The molecule has 70 valence electrons. The van der Waals surface area contributed by atoms with Crippen LogP contribution in [0.2, 0.25) is 0 Å². The predicted molar refractivity (Wildman–Crippen MR) is 44.3 cm³/mol. The molecule has 1 N–H and O–H groups in total. The van der Waals surface area contributed by atoms with E-state index in [9.17, 15) is 4.79 Å². The van der Waals surface area contributed by atoms with Gasteiger partial charge in [0.2, 0.25) is 5.78 Å². The van der Waals surface area contributed by atoms with Crippen LogP contribution in [0.25, 0.3) is 0 Å². The molecule has 0 unspecified atom stereocenters. The molecule has 1 heterocycles. The van der Waals surface area contributed by atoms with Crippen LogP contribution in [-0.2, 0) is 16.2 Å². The molecule has 0 aliphatic rings. The number of ketones is 1. The first kappa shape index (κ1) is 9.40. The summed E-state index contributed by atoms with van der Waals surface area (Å²) in [5.41, 5.74) is 2.54. The normalized spacial score (nSPS) is 9.62. The van der Waals surface area contributed by atoms with E-state index in [1.54, 1.807) is 0 Å². The van der Waals surface area contributed by atoms with Gasteiger partial charge in [0.05, 0.1) is 12.8 Å². The fourth-order valence-corrected chi connectivity index (χ4v) is 0.737. The zero-order valence-corrected chi connectivity index (χ0v) is 7.23. The summed E-state index contributed by atoms with van der Waals surface area (Å²) in [4.78, 5) is 19.5. The largest absolute Gasteiger partial charge is 0.290 e. The van der Waals surface area contributed by atoms with Gasteiger partial charge < -0.3 is 0 Å². The lowest BCUT2D eigenvalue weighted by atomic mass is 10.3. The van der Waals surface area contributed by atoms with Crippen molar-refractivity contribution in [3.05, 3.63) is 24.9 Å². The number of nitrogens with zero attached hydrogens (tertiary/aromatic N) is 3. The second-order valence-corrected chi connectivity index (χ2v) is 2.30. The average Bonchev–Trinajstić information content (AvgIpc) is 2.57. The molecule has 0 bridgehead atoms. The average molecular weight is 182 g/mol. The lowest BCUT2D eigenvalue weighted by Crippen LogP contribution is -2.22. The van der Waals surface area contributed by atoms with Crippen molar-refractivity contribution in [3.63, 3.8) is 0 Å². The lowest BCUT2D eigenvalue weighted by Gasteiger charge is -2.04. The standard InChI is InChI=1S/C7H10N4O2/c1-6(10-13-2)7(12)3-11-5-8-4-9-11/h4-5,10H,1,3H2,2H3. The minimum atomic E-state index is -0.202. The number of rotatable bonds is 5. The monoisotopic (exact) mass is 182 g/mol. The first-order valence-corrected chi connectivity index (χ1v) is 3.57. The number of carbonyl (C=O) groups is 1. The maximum atomic E-state index is 11.3. The van der Waals surface area contributed by atoms with Crippen LogP contribution in [0.4, 0.5) is 0 Å². The predicted octanol–water partition coefficient (Wildman–Crippen LogP) is -0.488. The first-order valence-electron chi connectivity index (χ1n) is 3.57. The fraction of sp³-hybridized carbons (Fsp3) is 0.286. The van der Waals surface area contributed by atoms with Gasteiger partial charge in [-0.25, -0.2) is 9.67 Å². The Morgan fingerprint density at radius 2 is 2.54 bits per heavy atom. The van der Waals surface area contributed by atoms with Crippen molar-refractivity contribution in [1.82, 2.24) is 20.2 Å². The highest BCUT2D eigenvalue weighted by atomic mass is 16.6. The summed E-state index contributed by atoms with van der Waals surface area (Å²) in [6.45, 7) is 3.58. The van der Waals surface area contributed by atoms with E-state index in [0.29, 0.717) is 0 Å². The van der Waals surface area contributed by atoms with E-state index in [4.69, 9.17) is 0 Å². The molecule has 0 radical (unpaired) electrons. The van der Waals surface area contributed by atoms with Crippen LogP contribution in [0.1, 0.15) is 0 Å². The van der Waals surface area contributed by atoms with Crippen molar-refractivity contribution >= 4 is 5.78 Å². The molecule has 0 aromatic carbocycles. The Morgan fingerprint density at radius 1 is 1.77 bits per heavy atom. The molecule has 0 aliphatic carbocycles. The Labute approximate surface area is 75.2 Å². The molecule has 0 aliphatic heterocycles. The van der Waals surface area contributed by atoms with E-state index in [1.807, 2.05) is 0 Å². The van der Waals surface area contributed by atoms with Crippen LogP contribution in [0.3, 0.4) is 0 Å². The van der Waals surface area contributed by atoms with Crippen molar-refractivity contribution < 1.29 is 9.63 Å². The molecule has 0 saturated carbocycles. The third-order valence-corrected chi connectivity index (χ3v) is 1.33. The molecular formula is C7H10N4O2. The second kappa shape index (κ2) is 4.36. The Bertz CT molecular complexity index is 293. The molecule has 0 fully saturated rings. The van der Waals surface area contributed by atoms with E-state index < -0.39 is 0 Å². The molecule has 1 rings (SSSR count). The Balaban J connectivity index is 2.46. The van der Waals surface area contributed by atoms with Crippen LogP contribution in [0, 0.1) is 0 Å². The minimum Gasteiger partial charge on any atom is -0.290 e. The number of hydrogen-bond donors (Lipinski definition) is 1. The van der Waals surface area contributed by atoms with Crippen molar-refractivity contribution in [2.75, 3.05) is 7.11 Å². The third kappa shape index (κ3) is 2.68. The number of carbonyl (C=O) groups excluding carboxylic acids is 1. The van der Waals surface area contributed by atoms with E-state index in [1.165, 1.54) is 24.4 Å². The fourth-order valence-electron chi connectivity index (χ4n) is 0.737. The zero-order chi connectivity index (χ0) is 9.68. The Kier molecular flexibility index (Phi) is 3.15. The third-order valence-electron chi connectivity index (χ3n) is 1.33. The van der Waals surface area contributed by atoms with E-state index >= 15 is 0 Å². The Morgan fingerprint density at radius 3 is 3.08 bits per heavy atom. The van der Waals surface area contributed by atoms with Gasteiger partial charge in [-0.15, -0.1) is 0 Å². The Hall–Kier alpha value is -1.69. The lowest BCUT2D eigenvalue weighted by molar-refractivity contribution is -0.117. The molecule has 0 saturated heterocycles. The smallest absolute Gasteiger partial charge is 0.201 e. The zero-order valence-electron chi connectivity index (χ0n) is 7.23. The summed E-state index contributed by atoms with van der Waals surface area (Å²) in [6.07, 6.45) is 2.82. The molecule has 0 amide bonds. The maximum Gasteiger partial charge on any atom is 0.201 e. The summed E-state index contributed by atoms with van der Waals surface area (Å²) < 4.78 is 1.41. The van der Waals surface area contributed by atoms with Crippen LogP contribution in [-0.4, -0.2) is 27.7 Å². The molecule has 0 spiro atoms. The summed E-state index contributed by atoms with van der Waals surface area (Å²) in [6, 6.07) is 0. The summed E-state index contributed by atoms with van der Waals surface area (Å²) >= 11 is 0. The molecule has 1 aromatic rings. The molecular weight excluding hydrogens is 172 g/mol. The van der Waals surface area contributed by atoms with Gasteiger partial charge >= 0.3 is 0 Å². The summed E-state index contributed by atoms with van der Waals surface area (Å²) in [7, 11) is 1.41. The maximum absolute atomic E-state index is 11.3. The van der Waals surface area contributed by atoms with Crippen LogP contribution >= 0.6 is 0 Å². The highest BCUT2D eigenvalue weighted by molar-refractivity contribution is 5.93. The van der Waals surface area contributed by atoms with Gasteiger partial charge in [0.15, 0.2) is 0 Å². The van der Waals surface area contributed by atoms with Crippen molar-refractivity contribution in [2.24, 2.45) is 0 Å². The summed E-state index contributed by atoms with van der Waals surface area (Å²) in [5.74, 6) is -0.202. The first-order chi connectivity index (χ1) is 6.24. The van der Waals surface area contributed by atoms with Crippen LogP contribution in [0.5, 0.6) is 0 Å². The minimum absolute atomic E-state index is 0.106. The van der Waals surface area contributed by atoms with Crippen molar-refractivity contribution in [2.45, 2.75) is 6.54 Å². The van der Waals surface area contributed by atoms with Gasteiger partial charge in [0.25, 0.3) is 0 Å². The van der Waals surface area contributed by atoms with Gasteiger partial charge in [-0.05, 0) is 0 Å². The van der Waals surface area contributed by atoms with E-state index in [0.717, 1.165) is 0 Å². The van der Waals surface area contributed by atoms with Crippen molar-refractivity contribution in [1.29, 1.82) is 0 Å². The molecule has 6 heteroatoms. The number of nitrogens with one attached hydrogen (secondary N) is 1. The highest BCUT2D eigenvalue weighted by Crippen LogP contribution is 1.91. The van der Waals surface area contributed by atoms with Gasteiger partial charge in [-0.1, -0.05) is 6.58 Å². The van der Waals surface area contributed by atoms with Crippen LogP contribution < -0.4 is 5.48 Å². The van der Waals surface area contributed by atoms with E-state index in [2.05, 4.69) is 27.0 Å². The number of allylic oxidation sites excluding steroid dienone is 1. The number of hydroxylamine groups is 1. The molecule has 13 heavy (non-hydrogen) atoms. The number of Topliss-reactive ketones (excluding diaryl/α,β-unsaturated/α-hetero) is 1. The van der Waals surface area contributed by atoms with Gasteiger partial charge in [0, 0.05) is 0 Å². The molecule has 0 atom stereocenters. The molecule has 6 nitrogen and oxygen atoms in total. The van der Waals surface area contributed by atoms with Gasteiger partial charge in [-0.2, -0.15) is 5.10 Å². The van der Waals surface area contributed by atoms with E-state index in [-0.39, 0.29) is 18.0 Å². The SMILES string of the molecule is C=C(NOC)C(=O)Cn1cncn1. The highest BCUT2D eigenvalue weighted by Gasteiger charge is 2.07. The van der Waals surface area contributed by atoms with Gasteiger partial charge in [-0.3, -0.25) is 15.1 Å². The number of hydrogen-bond acceptors (Lipinski definition) is 5. The number of aromatic nitrogens is 3. The van der Waals surface area contributed by atoms with Crippen LogP contribution in [0.15, 0.2) is 24.9 Å². The topological polar surface area (TPSA) is 69.0 Å². The molecule has 1 aromatic heterocycles. The quantitative estimate of drug-likeness (QED) is 0.491. The van der Waals surface area contributed by atoms with Gasteiger partial charge in [0.1, 0.15) is 19.2 Å².